The molecule has 2 heterocycles. The third-order valence-electron chi connectivity index (χ3n) is 5.07. The molecule has 0 fully saturated rings. The van der Waals surface area contributed by atoms with E-state index < -0.39 is 5.54 Å². The van der Waals surface area contributed by atoms with Crippen LogP contribution in [0.5, 0.6) is 0 Å². The lowest BCUT2D eigenvalue weighted by Gasteiger charge is -2.23. The minimum atomic E-state index is -1.06. The van der Waals surface area contributed by atoms with Gasteiger partial charge < -0.3 is 14.8 Å². The summed E-state index contributed by atoms with van der Waals surface area (Å²) in [4.78, 5) is 17.4. The third-order valence-corrected chi connectivity index (χ3v) is 5.80. The van der Waals surface area contributed by atoms with E-state index in [0.717, 1.165) is 48.3 Å². The fourth-order valence-electron chi connectivity index (χ4n) is 3.44. The molecule has 2 N–H and O–H groups in total. The molecule has 4 bridgehead atoms. The number of cyclic esters (lactones) is 1. The van der Waals surface area contributed by atoms with Gasteiger partial charge in [-0.25, -0.2) is 4.98 Å². The van der Waals surface area contributed by atoms with Gasteiger partial charge in [0.15, 0.2) is 0 Å². The van der Waals surface area contributed by atoms with Crippen LogP contribution in [0.25, 0.3) is 0 Å². The van der Waals surface area contributed by atoms with Crippen molar-refractivity contribution in [1.82, 2.24) is 4.98 Å². The Kier molecular flexibility index (Phi) is 6.62. The van der Waals surface area contributed by atoms with Gasteiger partial charge in [-0.05, 0) is 61.4 Å². The van der Waals surface area contributed by atoms with Crippen LogP contribution in [0.2, 0.25) is 0 Å². The summed E-state index contributed by atoms with van der Waals surface area (Å²) in [6.07, 6.45) is 6.55. The Morgan fingerprint density at radius 3 is 2.68 bits per heavy atom. The molecule has 5 nitrogen and oxygen atoms in total. The molecule has 1 atom stereocenters. The molecule has 0 amide bonds. The van der Waals surface area contributed by atoms with Crippen LogP contribution >= 0.6 is 11.9 Å². The Morgan fingerprint density at radius 1 is 1.14 bits per heavy atom. The second-order valence-electron chi connectivity index (χ2n) is 7.70. The van der Waals surface area contributed by atoms with E-state index in [1.807, 2.05) is 41.9 Å². The second kappa shape index (κ2) is 8.97. The highest BCUT2D eigenvalue weighted by Gasteiger charge is 2.30. The Balaban J connectivity index is 1.90. The fourth-order valence-corrected chi connectivity index (χ4v) is 3.72. The van der Waals surface area contributed by atoms with Crippen LogP contribution < -0.4 is 10.0 Å². The summed E-state index contributed by atoms with van der Waals surface area (Å²) >= 11 is 1.60. The number of carbonyl (C=O) groups is 1. The molecule has 0 spiro atoms. The number of nitrogens with two attached hydrogens (primary N) is 1. The average Bonchev–Trinajstić information content (AvgIpc) is 2.68. The number of anilines is 1. The molecule has 0 saturated carbocycles. The first-order chi connectivity index (χ1) is 13.4. The van der Waals surface area contributed by atoms with Gasteiger partial charge in [0, 0.05) is 25.4 Å². The van der Waals surface area contributed by atoms with Crippen LogP contribution in [0.4, 0.5) is 5.82 Å². The van der Waals surface area contributed by atoms with Crippen LogP contribution in [-0.4, -0.2) is 29.8 Å². The van der Waals surface area contributed by atoms with Crippen molar-refractivity contribution in [2.45, 2.75) is 51.2 Å². The molecule has 2 aromatic rings. The van der Waals surface area contributed by atoms with Crippen LogP contribution in [0.1, 0.15) is 42.1 Å². The van der Waals surface area contributed by atoms with Gasteiger partial charge in [0.2, 0.25) is 0 Å². The number of fused-ring (bicyclic) bond motifs is 4. The maximum atomic E-state index is 12.7. The number of nitrogens with zero attached hydrogens (tertiary/aromatic N) is 2. The summed E-state index contributed by atoms with van der Waals surface area (Å²) < 4.78 is 7.61. The molecular formula is C22H29N3O2S. The van der Waals surface area contributed by atoms with Crippen LogP contribution in [0, 0.1) is 0 Å². The zero-order valence-electron chi connectivity index (χ0n) is 16.9. The normalized spacial score (nSPS) is 20.6. The highest BCUT2D eigenvalue weighted by molar-refractivity contribution is 7.99. The van der Waals surface area contributed by atoms with Gasteiger partial charge in [-0.1, -0.05) is 36.2 Å². The number of rotatable bonds is 2. The predicted molar refractivity (Wildman–Crippen MR) is 115 cm³/mol. The third kappa shape index (κ3) is 5.26. The Hall–Kier alpha value is -2.05. The van der Waals surface area contributed by atoms with E-state index in [2.05, 4.69) is 12.1 Å². The Labute approximate surface area is 171 Å². The van der Waals surface area contributed by atoms with Gasteiger partial charge in [-0.3, -0.25) is 4.79 Å². The number of carbonyl (C=O) groups excluding carboxylic acids is 1. The van der Waals surface area contributed by atoms with Gasteiger partial charge in [0.1, 0.15) is 18.0 Å². The lowest BCUT2D eigenvalue weighted by Crippen LogP contribution is -2.48. The molecule has 6 heteroatoms. The summed E-state index contributed by atoms with van der Waals surface area (Å²) in [5, 5.41) is 0. The monoisotopic (exact) mass is 399 g/mol. The molecule has 3 rings (SSSR count). The van der Waals surface area contributed by atoms with Crippen molar-refractivity contribution in [2.24, 2.45) is 5.73 Å². The SMILES string of the molecule is CSN(C)c1cc2cc(n1)CCCCc1cccc(c1)CC(C)(N)C(=O)OC2. The molecule has 28 heavy (non-hydrogen) atoms. The van der Waals surface area contributed by atoms with E-state index in [9.17, 15) is 4.79 Å². The summed E-state index contributed by atoms with van der Waals surface area (Å²) in [6, 6.07) is 12.4. The zero-order valence-corrected chi connectivity index (χ0v) is 17.7. The number of aryl methyl sites for hydroxylation is 2. The van der Waals surface area contributed by atoms with E-state index in [1.165, 1.54) is 5.56 Å². The summed E-state index contributed by atoms with van der Waals surface area (Å²) in [5.41, 5.74) is 9.59. The van der Waals surface area contributed by atoms with Gasteiger partial charge in [-0.2, -0.15) is 0 Å². The van der Waals surface area contributed by atoms with Crippen molar-refractivity contribution in [2.75, 3.05) is 17.6 Å². The van der Waals surface area contributed by atoms with Crippen molar-refractivity contribution in [1.29, 1.82) is 0 Å². The minimum absolute atomic E-state index is 0.205. The maximum Gasteiger partial charge on any atom is 0.326 e. The fraction of sp³-hybridized carbons (Fsp3) is 0.455. The van der Waals surface area contributed by atoms with Crippen molar-refractivity contribution in [3.05, 3.63) is 58.8 Å². The van der Waals surface area contributed by atoms with E-state index in [0.29, 0.717) is 6.42 Å². The largest absolute Gasteiger partial charge is 0.459 e. The van der Waals surface area contributed by atoms with Gasteiger partial charge in [0.25, 0.3) is 0 Å². The quantitative estimate of drug-likeness (QED) is 0.614. The van der Waals surface area contributed by atoms with Crippen molar-refractivity contribution >= 4 is 23.7 Å². The van der Waals surface area contributed by atoms with Crippen LogP contribution in [0.3, 0.4) is 0 Å². The van der Waals surface area contributed by atoms with E-state index in [-0.39, 0.29) is 12.6 Å². The molecule has 1 aromatic carbocycles. The second-order valence-corrected chi connectivity index (χ2v) is 8.62. The van der Waals surface area contributed by atoms with E-state index >= 15 is 0 Å². The molecule has 0 saturated heterocycles. The zero-order chi connectivity index (χ0) is 20.1. The molecule has 0 aliphatic carbocycles. The van der Waals surface area contributed by atoms with Crippen LogP contribution in [-0.2, 0) is 35.4 Å². The predicted octanol–water partition coefficient (Wildman–Crippen LogP) is 3.68. The molecular weight excluding hydrogens is 370 g/mol. The smallest absolute Gasteiger partial charge is 0.326 e. The van der Waals surface area contributed by atoms with Gasteiger partial charge >= 0.3 is 5.97 Å². The number of ether oxygens (including phenoxy) is 1. The number of esters is 1. The number of hydrogen-bond donors (Lipinski definition) is 1. The topological polar surface area (TPSA) is 68.5 Å². The first-order valence-electron chi connectivity index (χ1n) is 9.69. The standard InChI is InChI=1S/C22H29N3O2S/c1-22(23)14-17-9-6-8-16(11-17)7-4-5-10-19-12-18(15-27-21(22)26)13-20(24-19)25(2)28-3/h6,8-9,11-13H,4-5,7,10,14-15,23H2,1-3H3. The summed E-state index contributed by atoms with van der Waals surface area (Å²) in [6.45, 7) is 1.95. The number of pyridine rings is 1. The molecule has 1 aliphatic heterocycles. The molecule has 1 aromatic heterocycles. The van der Waals surface area contributed by atoms with Crippen molar-refractivity contribution < 1.29 is 9.53 Å². The number of benzene rings is 1. The Morgan fingerprint density at radius 2 is 1.89 bits per heavy atom. The average molecular weight is 400 g/mol. The van der Waals surface area contributed by atoms with Gasteiger partial charge in [0.05, 0.1) is 0 Å². The van der Waals surface area contributed by atoms with E-state index in [4.69, 9.17) is 15.5 Å². The summed E-state index contributed by atoms with van der Waals surface area (Å²) in [5.74, 6) is 0.494. The minimum Gasteiger partial charge on any atom is -0.459 e. The molecule has 1 aliphatic rings. The van der Waals surface area contributed by atoms with Crippen molar-refractivity contribution in [3.8, 4) is 0 Å². The molecule has 0 radical (unpaired) electrons. The lowest BCUT2D eigenvalue weighted by atomic mass is 9.92. The molecule has 1 unspecified atom stereocenters. The lowest BCUT2D eigenvalue weighted by molar-refractivity contribution is -0.150. The van der Waals surface area contributed by atoms with Gasteiger partial charge in [-0.15, -0.1) is 0 Å². The first-order valence-corrected chi connectivity index (χ1v) is 10.9. The summed E-state index contributed by atoms with van der Waals surface area (Å²) in [7, 11) is 1.98. The first kappa shape index (κ1) is 20.7. The van der Waals surface area contributed by atoms with Crippen LogP contribution in [0.15, 0.2) is 36.4 Å². The molecule has 150 valence electrons. The van der Waals surface area contributed by atoms with E-state index in [1.54, 1.807) is 18.9 Å². The maximum absolute atomic E-state index is 12.7. The van der Waals surface area contributed by atoms with Crippen molar-refractivity contribution in [3.63, 3.8) is 0 Å². The highest BCUT2D eigenvalue weighted by Crippen LogP contribution is 2.22. The Bertz CT molecular complexity index is 838. The number of hydrogen-bond acceptors (Lipinski definition) is 6. The highest BCUT2D eigenvalue weighted by atomic mass is 32.2. The number of aromatic nitrogens is 1.